The molecule has 14 heavy (non-hydrogen) atoms. The Labute approximate surface area is 82.8 Å². The second-order valence-electron chi connectivity index (χ2n) is 2.80. The number of halogens is 2. The molecule has 2 N–H and O–H groups in total. The Morgan fingerprint density at radius 2 is 2.14 bits per heavy atom. The standard InChI is InChI=1S/C9H5ClFNO2/c10-9-4(11)1-2-5-8(9)6(13)3-7(14)12-5/h1-3H,(H2,12,13,14). The van der Waals surface area contributed by atoms with Crippen LogP contribution in [-0.4, -0.2) is 10.1 Å². The molecule has 0 radical (unpaired) electrons. The Kier molecular flexibility index (Phi) is 1.93. The summed E-state index contributed by atoms with van der Waals surface area (Å²) in [6.45, 7) is 0. The largest absolute Gasteiger partial charge is 0.507 e. The van der Waals surface area contributed by atoms with Crippen LogP contribution >= 0.6 is 11.6 Å². The summed E-state index contributed by atoms with van der Waals surface area (Å²) < 4.78 is 13.0. The van der Waals surface area contributed by atoms with Crippen molar-refractivity contribution in [3.8, 4) is 5.75 Å². The van der Waals surface area contributed by atoms with E-state index in [1.54, 1.807) is 0 Å². The van der Waals surface area contributed by atoms with Crippen molar-refractivity contribution in [1.29, 1.82) is 0 Å². The van der Waals surface area contributed by atoms with E-state index in [1.807, 2.05) is 0 Å². The van der Waals surface area contributed by atoms with Gasteiger partial charge in [-0.05, 0) is 12.1 Å². The number of nitrogens with one attached hydrogen (secondary N) is 1. The predicted octanol–water partition coefficient (Wildman–Crippen LogP) is 2.03. The molecule has 2 rings (SSSR count). The highest BCUT2D eigenvalue weighted by Crippen LogP contribution is 2.30. The molecule has 72 valence electrons. The van der Waals surface area contributed by atoms with Crippen molar-refractivity contribution in [3.63, 3.8) is 0 Å². The van der Waals surface area contributed by atoms with Crippen molar-refractivity contribution in [3.05, 3.63) is 39.4 Å². The lowest BCUT2D eigenvalue weighted by atomic mass is 10.2. The highest BCUT2D eigenvalue weighted by molar-refractivity contribution is 6.36. The fourth-order valence-corrected chi connectivity index (χ4v) is 1.53. The highest BCUT2D eigenvalue weighted by atomic mass is 35.5. The predicted molar refractivity (Wildman–Crippen MR) is 51.2 cm³/mol. The van der Waals surface area contributed by atoms with Gasteiger partial charge in [0.1, 0.15) is 11.6 Å². The first kappa shape index (κ1) is 9.02. The maximum atomic E-state index is 13.0. The molecule has 0 saturated carbocycles. The topological polar surface area (TPSA) is 53.1 Å². The van der Waals surface area contributed by atoms with Crippen LogP contribution in [0.3, 0.4) is 0 Å². The highest BCUT2D eigenvalue weighted by Gasteiger charge is 2.09. The van der Waals surface area contributed by atoms with Crippen LogP contribution in [0.2, 0.25) is 5.02 Å². The number of hydrogen-bond donors (Lipinski definition) is 2. The number of hydrogen-bond acceptors (Lipinski definition) is 2. The quantitative estimate of drug-likeness (QED) is 0.704. The number of fused-ring (bicyclic) bond motifs is 1. The van der Waals surface area contributed by atoms with Gasteiger partial charge in [-0.2, -0.15) is 0 Å². The van der Waals surface area contributed by atoms with Crippen molar-refractivity contribution < 1.29 is 9.50 Å². The fourth-order valence-electron chi connectivity index (χ4n) is 1.27. The van der Waals surface area contributed by atoms with Crippen LogP contribution in [-0.2, 0) is 0 Å². The van der Waals surface area contributed by atoms with Crippen LogP contribution in [0.4, 0.5) is 4.39 Å². The molecule has 0 aliphatic rings. The molecule has 1 aromatic carbocycles. The summed E-state index contributed by atoms with van der Waals surface area (Å²) >= 11 is 5.63. The van der Waals surface area contributed by atoms with Crippen molar-refractivity contribution >= 4 is 22.5 Å². The summed E-state index contributed by atoms with van der Waals surface area (Å²) in [5.74, 6) is -0.963. The number of benzene rings is 1. The smallest absolute Gasteiger partial charge is 0.252 e. The van der Waals surface area contributed by atoms with Gasteiger partial charge in [0.15, 0.2) is 0 Å². The van der Waals surface area contributed by atoms with Gasteiger partial charge in [0.25, 0.3) is 5.56 Å². The fraction of sp³-hybridized carbons (Fsp3) is 0. The number of H-pyrrole nitrogens is 1. The van der Waals surface area contributed by atoms with Gasteiger partial charge in [-0.1, -0.05) is 11.6 Å². The molecule has 0 unspecified atom stereocenters. The maximum Gasteiger partial charge on any atom is 0.252 e. The molecule has 0 aliphatic heterocycles. The van der Waals surface area contributed by atoms with Gasteiger partial charge in [-0.3, -0.25) is 4.79 Å². The van der Waals surface area contributed by atoms with E-state index in [4.69, 9.17) is 11.6 Å². The van der Waals surface area contributed by atoms with E-state index < -0.39 is 11.4 Å². The molecule has 0 fully saturated rings. The van der Waals surface area contributed by atoms with Gasteiger partial charge in [0.2, 0.25) is 0 Å². The summed E-state index contributed by atoms with van der Waals surface area (Å²) in [6.07, 6.45) is 0. The van der Waals surface area contributed by atoms with Crippen molar-refractivity contribution in [2.75, 3.05) is 0 Å². The average Bonchev–Trinajstić information content (AvgIpc) is 2.10. The van der Waals surface area contributed by atoms with Gasteiger partial charge < -0.3 is 10.1 Å². The third-order valence-corrected chi connectivity index (χ3v) is 2.25. The molecule has 0 aliphatic carbocycles. The first-order valence-corrected chi connectivity index (χ1v) is 4.17. The van der Waals surface area contributed by atoms with E-state index in [0.29, 0.717) is 5.52 Å². The molecule has 0 amide bonds. The second-order valence-corrected chi connectivity index (χ2v) is 3.18. The Morgan fingerprint density at radius 3 is 2.86 bits per heavy atom. The third kappa shape index (κ3) is 1.24. The zero-order valence-electron chi connectivity index (χ0n) is 6.84. The van der Waals surface area contributed by atoms with Crippen LogP contribution in [0.1, 0.15) is 0 Å². The van der Waals surface area contributed by atoms with Crippen molar-refractivity contribution in [1.82, 2.24) is 4.98 Å². The number of aromatic amines is 1. The minimum Gasteiger partial charge on any atom is -0.507 e. The average molecular weight is 214 g/mol. The van der Waals surface area contributed by atoms with Gasteiger partial charge >= 0.3 is 0 Å². The van der Waals surface area contributed by atoms with Crippen LogP contribution in [0.25, 0.3) is 10.9 Å². The van der Waals surface area contributed by atoms with Gasteiger partial charge in [-0.15, -0.1) is 0 Å². The normalized spacial score (nSPS) is 10.7. The molecule has 3 nitrogen and oxygen atoms in total. The van der Waals surface area contributed by atoms with Gasteiger partial charge in [0.05, 0.1) is 15.9 Å². The molecule has 5 heteroatoms. The number of aromatic nitrogens is 1. The SMILES string of the molecule is O=c1cc(O)c2c(Cl)c(F)ccc2[nH]1. The van der Waals surface area contributed by atoms with Crippen LogP contribution in [0.15, 0.2) is 23.0 Å². The van der Waals surface area contributed by atoms with E-state index >= 15 is 0 Å². The Hall–Kier alpha value is -1.55. The first-order chi connectivity index (χ1) is 6.59. The van der Waals surface area contributed by atoms with Crippen LogP contribution in [0, 0.1) is 5.82 Å². The van der Waals surface area contributed by atoms with E-state index in [0.717, 1.165) is 12.1 Å². The van der Waals surface area contributed by atoms with Gasteiger partial charge in [0, 0.05) is 6.07 Å². The summed E-state index contributed by atoms with van der Waals surface area (Å²) in [4.78, 5) is 13.4. The lowest BCUT2D eigenvalue weighted by molar-refractivity contribution is 0.480. The minimum atomic E-state index is -0.637. The molecule has 0 spiro atoms. The van der Waals surface area contributed by atoms with Crippen molar-refractivity contribution in [2.45, 2.75) is 0 Å². The molecule has 0 atom stereocenters. The first-order valence-electron chi connectivity index (χ1n) is 3.79. The van der Waals surface area contributed by atoms with Crippen molar-refractivity contribution in [2.24, 2.45) is 0 Å². The summed E-state index contributed by atoms with van der Waals surface area (Å²) in [5.41, 5.74) is -0.154. The molecule has 0 bridgehead atoms. The molecule has 2 aromatic rings. The summed E-state index contributed by atoms with van der Waals surface area (Å²) in [5, 5.41) is 9.31. The Morgan fingerprint density at radius 1 is 1.43 bits per heavy atom. The van der Waals surface area contributed by atoms with E-state index in [1.165, 1.54) is 6.07 Å². The molecular formula is C9H5ClFNO2. The number of rotatable bonds is 0. The van der Waals surface area contributed by atoms with Crippen LogP contribution < -0.4 is 5.56 Å². The number of aromatic hydroxyl groups is 1. The maximum absolute atomic E-state index is 13.0. The zero-order chi connectivity index (χ0) is 10.3. The second kappa shape index (κ2) is 2.99. The Balaban J connectivity index is 3.03. The van der Waals surface area contributed by atoms with E-state index in [-0.39, 0.29) is 16.2 Å². The van der Waals surface area contributed by atoms with E-state index in [9.17, 15) is 14.3 Å². The molecular weight excluding hydrogens is 209 g/mol. The lowest BCUT2D eigenvalue weighted by Crippen LogP contribution is -2.03. The molecule has 1 aromatic heterocycles. The monoisotopic (exact) mass is 213 g/mol. The summed E-state index contributed by atoms with van der Waals surface area (Å²) in [6, 6.07) is 3.42. The van der Waals surface area contributed by atoms with E-state index in [2.05, 4.69) is 4.98 Å². The number of pyridine rings is 1. The van der Waals surface area contributed by atoms with Gasteiger partial charge in [-0.25, -0.2) is 4.39 Å². The van der Waals surface area contributed by atoms with Crippen LogP contribution in [0.5, 0.6) is 5.75 Å². The third-order valence-electron chi connectivity index (χ3n) is 1.88. The molecule has 0 saturated heterocycles. The summed E-state index contributed by atoms with van der Waals surface area (Å²) in [7, 11) is 0. The molecule has 1 heterocycles. The Bertz CT molecular complexity index is 564. The lowest BCUT2D eigenvalue weighted by Gasteiger charge is -2.02. The minimum absolute atomic E-state index is 0.117. The zero-order valence-corrected chi connectivity index (χ0v) is 7.60.